The van der Waals surface area contributed by atoms with E-state index in [1.165, 1.54) is 101 Å². The molecule has 2 aliphatic rings. The Morgan fingerprint density at radius 2 is 1.48 bits per heavy atom. The molecule has 0 amide bonds. The summed E-state index contributed by atoms with van der Waals surface area (Å²) in [6, 6.07) is 6.15. The second-order valence-electron chi connectivity index (χ2n) is 10.1. The van der Waals surface area contributed by atoms with E-state index < -0.39 is 0 Å². The van der Waals surface area contributed by atoms with Gasteiger partial charge in [0.15, 0.2) is 0 Å². The van der Waals surface area contributed by atoms with E-state index in [1.807, 2.05) is 12.1 Å². The van der Waals surface area contributed by atoms with Crippen LogP contribution in [0.3, 0.4) is 0 Å². The molecule has 0 saturated heterocycles. The maximum atomic E-state index is 10.4. The monoisotopic (exact) mass is 370 g/mol. The summed E-state index contributed by atoms with van der Waals surface area (Å²) in [5.74, 6) is 0.529. The van der Waals surface area contributed by atoms with Crippen LogP contribution in [-0.4, -0.2) is 5.11 Å². The summed E-state index contributed by atoms with van der Waals surface area (Å²) in [6.45, 7) is 4.80. The van der Waals surface area contributed by atoms with Crippen molar-refractivity contribution in [1.82, 2.24) is 0 Å². The lowest BCUT2D eigenvalue weighted by molar-refractivity contribution is 0.419. The third kappa shape index (κ3) is 6.54. The lowest BCUT2D eigenvalue weighted by Gasteiger charge is -2.13. The van der Waals surface area contributed by atoms with Gasteiger partial charge in [-0.1, -0.05) is 64.5 Å². The molecule has 0 aromatic heterocycles. The van der Waals surface area contributed by atoms with Gasteiger partial charge < -0.3 is 5.11 Å². The van der Waals surface area contributed by atoms with Crippen LogP contribution in [0.1, 0.15) is 115 Å². The lowest BCUT2D eigenvalue weighted by atomic mass is 9.93. The molecule has 152 valence electrons. The molecule has 1 heteroatoms. The molecule has 1 aromatic rings. The molecule has 2 fully saturated rings. The third-order valence-electron chi connectivity index (χ3n) is 7.67. The van der Waals surface area contributed by atoms with Gasteiger partial charge in [-0.2, -0.15) is 0 Å². The Labute approximate surface area is 168 Å². The van der Waals surface area contributed by atoms with Gasteiger partial charge in [0.2, 0.25) is 0 Å². The summed E-state index contributed by atoms with van der Waals surface area (Å²) >= 11 is 0. The maximum Gasteiger partial charge on any atom is 0.119 e. The molecule has 0 heterocycles. The van der Waals surface area contributed by atoms with Gasteiger partial charge in [-0.3, -0.25) is 0 Å². The predicted octanol–water partition coefficient (Wildman–Crippen LogP) is 7.98. The van der Waals surface area contributed by atoms with Crippen LogP contribution in [0.5, 0.6) is 5.75 Å². The van der Waals surface area contributed by atoms with Crippen molar-refractivity contribution in [2.75, 3.05) is 0 Å². The number of aromatic hydroxyl groups is 1. The van der Waals surface area contributed by atoms with Gasteiger partial charge >= 0.3 is 0 Å². The van der Waals surface area contributed by atoms with E-state index in [2.05, 4.69) is 19.9 Å². The zero-order valence-corrected chi connectivity index (χ0v) is 18.0. The fourth-order valence-electron chi connectivity index (χ4n) is 4.76. The summed E-state index contributed by atoms with van der Waals surface area (Å²) in [5, 5.41) is 10.4. The molecule has 0 aliphatic heterocycles. The molecule has 0 atom stereocenters. The minimum atomic E-state index is 0.529. The van der Waals surface area contributed by atoms with Crippen LogP contribution < -0.4 is 0 Å². The highest BCUT2D eigenvalue weighted by Gasteiger charge is 2.39. The van der Waals surface area contributed by atoms with Crippen LogP contribution in [0, 0.1) is 10.8 Å². The third-order valence-corrected chi connectivity index (χ3v) is 7.67. The highest BCUT2D eigenvalue weighted by Crippen LogP contribution is 2.52. The molecule has 1 aromatic carbocycles. The maximum absolute atomic E-state index is 10.4. The number of benzene rings is 1. The van der Waals surface area contributed by atoms with E-state index in [0.29, 0.717) is 11.2 Å². The quantitative estimate of drug-likeness (QED) is 0.329. The Bertz CT molecular complexity index is 580. The van der Waals surface area contributed by atoms with Crippen LogP contribution in [0.4, 0.5) is 0 Å². The van der Waals surface area contributed by atoms with Crippen molar-refractivity contribution >= 4 is 0 Å². The van der Waals surface area contributed by atoms with Gasteiger partial charge in [0.1, 0.15) is 5.75 Å². The van der Waals surface area contributed by atoms with Crippen molar-refractivity contribution in [3.63, 3.8) is 0 Å². The first kappa shape index (κ1) is 20.7. The van der Waals surface area contributed by atoms with E-state index in [9.17, 15) is 5.11 Å². The standard InChI is InChI=1S/C26H42O/c1-3-26(20-21-26)17-10-5-4-8-14-23-22(13-11-15-24(23)27)12-7-6-9-16-25(2)18-19-25/h11,13,15,27H,3-10,12,14,16-21H2,1-2H3. The van der Waals surface area contributed by atoms with Gasteiger partial charge in [0.25, 0.3) is 0 Å². The van der Waals surface area contributed by atoms with Gasteiger partial charge in [-0.05, 0) is 92.2 Å². The zero-order chi connectivity index (χ0) is 19.2. The van der Waals surface area contributed by atoms with Crippen LogP contribution in [-0.2, 0) is 12.8 Å². The minimum absolute atomic E-state index is 0.529. The van der Waals surface area contributed by atoms with E-state index >= 15 is 0 Å². The number of rotatable bonds is 14. The molecule has 0 radical (unpaired) electrons. The minimum Gasteiger partial charge on any atom is -0.508 e. The average Bonchev–Trinajstić information content (AvgIpc) is 3.58. The summed E-state index contributed by atoms with van der Waals surface area (Å²) in [7, 11) is 0. The first-order valence-electron chi connectivity index (χ1n) is 11.9. The second-order valence-corrected chi connectivity index (χ2v) is 10.1. The fraction of sp³-hybridized carbons (Fsp3) is 0.769. The van der Waals surface area contributed by atoms with Gasteiger partial charge in [-0.15, -0.1) is 0 Å². The van der Waals surface area contributed by atoms with Crippen molar-refractivity contribution < 1.29 is 5.11 Å². The Morgan fingerprint density at radius 3 is 2.19 bits per heavy atom. The smallest absolute Gasteiger partial charge is 0.119 e. The summed E-state index contributed by atoms with van der Waals surface area (Å²) in [5.41, 5.74) is 4.09. The molecular formula is C26H42O. The van der Waals surface area contributed by atoms with E-state index in [0.717, 1.165) is 18.3 Å². The van der Waals surface area contributed by atoms with Crippen molar-refractivity contribution in [3.8, 4) is 5.75 Å². The van der Waals surface area contributed by atoms with E-state index in [-0.39, 0.29) is 0 Å². The predicted molar refractivity (Wildman–Crippen MR) is 116 cm³/mol. The topological polar surface area (TPSA) is 20.2 Å². The highest BCUT2D eigenvalue weighted by atomic mass is 16.3. The number of hydrogen-bond acceptors (Lipinski definition) is 1. The molecule has 0 spiro atoms. The molecule has 3 rings (SSSR count). The SMILES string of the molecule is CCC1(CCCCCCc2c(O)cccc2CCCCCC2(C)CC2)CC1. The number of phenolic OH excluding ortho intramolecular Hbond substituents is 1. The molecule has 2 aliphatic carbocycles. The van der Waals surface area contributed by atoms with Crippen molar-refractivity contribution in [2.45, 2.75) is 117 Å². The number of unbranched alkanes of at least 4 members (excludes halogenated alkanes) is 5. The van der Waals surface area contributed by atoms with Crippen LogP contribution >= 0.6 is 0 Å². The Hall–Kier alpha value is -0.980. The zero-order valence-electron chi connectivity index (χ0n) is 18.0. The molecule has 0 bridgehead atoms. The van der Waals surface area contributed by atoms with Crippen molar-refractivity contribution in [2.24, 2.45) is 10.8 Å². The first-order chi connectivity index (χ1) is 13.1. The Morgan fingerprint density at radius 1 is 0.815 bits per heavy atom. The normalized spacial score (nSPS) is 19.2. The Balaban J connectivity index is 1.33. The van der Waals surface area contributed by atoms with Gasteiger partial charge in [0.05, 0.1) is 0 Å². The first-order valence-corrected chi connectivity index (χ1v) is 11.9. The highest BCUT2D eigenvalue weighted by molar-refractivity contribution is 5.39. The summed E-state index contributed by atoms with van der Waals surface area (Å²) in [4.78, 5) is 0. The number of aryl methyl sites for hydroxylation is 1. The fourth-order valence-corrected chi connectivity index (χ4v) is 4.76. The molecular weight excluding hydrogens is 328 g/mol. The number of hydrogen-bond donors (Lipinski definition) is 1. The van der Waals surface area contributed by atoms with Crippen molar-refractivity contribution in [1.29, 1.82) is 0 Å². The van der Waals surface area contributed by atoms with Gasteiger partial charge in [0, 0.05) is 0 Å². The molecule has 27 heavy (non-hydrogen) atoms. The van der Waals surface area contributed by atoms with Crippen LogP contribution in [0.15, 0.2) is 18.2 Å². The molecule has 1 nitrogen and oxygen atoms in total. The molecule has 2 saturated carbocycles. The Kier molecular flexibility index (Phi) is 7.29. The molecule has 1 N–H and O–H groups in total. The largest absolute Gasteiger partial charge is 0.508 e. The summed E-state index contributed by atoms with van der Waals surface area (Å²) in [6.07, 6.45) is 21.6. The second kappa shape index (κ2) is 9.48. The van der Waals surface area contributed by atoms with Crippen molar-refractivity contribution in [3.05, 3.63) is 29.3 Å². The number of phenols is 1. The van der Waals surface area contributed by atoms with E-state index in [4.69, 9.17) is 0 Å². The lowest BCUT2D eigenvalue weighted by Crippen LogP contribution is -1.99. The van der Waals surface area contributed by atoms with E-state index in [1.54, 1.807) is 0 Å². The van der Waals surface area contributed by atoms with Crippen LogP contribution in [0.2, 0.25) is 0 Å². The average molecular weight is 371 g/mol. The van der Waals surface area contributed by atoms with Gasteiger partial charge in [-0.25, -0.2) is 0 Å². The molecule has 0 unspecified atom stereocenters. The van der Waals surface area contributed by atoms with Crippen LogP contribution in [0.25, 0.3) is 0 Å². The summed E-state index contributed by atoms with van der Waals surface area (Å²) < 4.78 is 0.